The average Bonchev–Trinajstić information content (AvgIpc) is 2.97. The first-order chi connectivity index (χ1) is 10.4. The third kappa shape index (κ3) is 4.09. The molecule has 4 nitrogen and oxygen atoms in total. The molecule has 5 heteroatoms. The normalized spacial score (nSPS) is 18.9. The number of nitrogens with two attached hydrogens (primary N) is 1. The third-order valence-electron chi connectivity index (χ3n) is 4.29. The average molecular weight is 321 g/mol. The molecule has 1 atom stereocenters. The fraction of sp³-hybridized carbons (Fsp3) is 0.471. The molecule has 1 aromatic carbocycles. The van der Waals surface area contributed by atoms with E-state index in [1.807, 2.05) is 18.5 Å². The van der Waals surface area contributed by atoms with Gasteiger partial charge in [0.15, 0.2) is 0 Å². The minimum atomic E-state index is 0. The molecule has 0 aliphatic carbocycles. The summed E-state index contributed by atoms with van der Waals surface area (Å²) in [6.07, 6.45) is 7.68. The van der Waals surface area contributed by atoms with Gasteiger partial charge >= 0.3 is 0 Å². The second-order valence-corrected chi connectivity index (χ2v) is 5.87. The number of para-hydroxylation sites is 1. The number of likely N-dealkylation sites (tertiary alicyclic amines) is 1. The number of nitrogens with zero attached hydrogens (tertiary/aromatic N) is 3. The number of piperidine rings is 1. The smallest absolute Gasteiger partial charge is 0.127 e. The van der Waals surface area contributed by atoms with E-state index in [4.69, 9.17) is 5.73 Å². The van der Waals surface area contributed by atoms with Crippen LogP contribution >= 0.6 is 12.4 Å². The number of hydrogen-bond donors (Lipinski definition) is 1. The highest BCUT2D eigenvalue weighted by molar-refractivity contribution is 5.85. The van der Waals surface area contributed by atoms with Gasteiger partial charge in [0, 0.05) is 24.6 Å². The molecule has 2 N–H and O–H groups in total. The van der Waals surface area contributed by atoms with Crippen molar-refractivity contribution in [3.63, 3.8) is 0 Å². The van der Waals surface area contributed by atoms with E-state index in [1.165, 1.54) is 25.1 Å². The van der Waals surface area contributed by atoms with E-state index in [9.17, 15) is 0 Å². The van der Waals surface area contributed by atoms with Gasteiger partial charge < -0.3 is 10.3 Å². The van der Waals surface area contributed by atoms with E-state index in [0.717, 1.165) is 37.8 Å². The second kappa shape index (κ2) is 8.32. The van der Waals surface area contributed by atoms with Crippen molar-refractivity contribution in [2.75, 3.05) is 19.6 Å². The predicted molar refractivity (Wildman–Crippen MR) is 92.5 cm³/mol. The Labute approximate surface area is 138 Å². The summed E-state index contributed by atoms with van der Waals surface area (Å²) in [6.45, 7) is 4.04. The lowest BCUT2D eigenvalue weighted by Gasteiger charge is -2.32. The molecule has 0 spiro atoms. The molecular weight excluding hydrogens is 296 g/mol. The molecular formula is C17H25ClN4. The summed E-state index contributed by atoms with van der Waals surface area (Å²) in [6, 6.07) is 10.4. The van der Waals surface area contributed by atoms with Crippen molar-refractivity contribution in [1.82, 2.24) is 14.5 Å². The highest BCUT2D eigenvalue weighted by atomic mass is 35.5. The van der Waals surface area contributed by atoms with Crippen LogP contribution in [-0.2, 0) is 6.54 Å². The van der Waals surface area contributed by atoms with Gasteiger partial charge in [-0.15, -0.1) is 12.4 Å². The van der Waals surface area contributed by atoms with Crippen LogP contribution in [0.3, 0.4) is 0 Å². The van der Waals surface area contributed by atoms with Crippen molar-refractivity contribution in [3.05, 3.63) is 48.5 Å². The highest BCUT2D eigenvalue weighted by Gasteiger charge is 2.20. The van der Waals surface area contributed by atoms with Gasteiger partial charge in [-0.2, -0.15) is 0 Å². The molecule has 1 aromatic heterocycles. The zero-order valence-electron chi connectivity index (χ0n) is 12.9. The minimum Gasteiger partial charge on any atom is -0.330 e. The second-order valence-electron chi connectivity index (χ2n) is 5.87. The molecule has 1 aliphatic rings. The lowest BCUT2D eigenvalue weighted by atomic mass is 9.95. The van der Waals surface area contributed by atoms with Gasteiger partial charge in [-0.25, -0.2) is 4.98 Å². The summed E-state index contributed by atoms with van der Waals surface area (Å²) in [5.41, 5.74) is 6.89. The van der Waals surface area contributed by atoms with Gasteiger partial charge in [0.2, 0.25) is 0 Å². The number of imidazole rings is 1. The van der Waals surface area contributed by atoms with E-state index in [0.29, 0.717) is 0 Å². The lowest BCUT2D eigenvalue weighted by molar-refractivity contribution is 0.159. The number of hydrogen-bond acceptors (Lipinski definition) is 3. The quantitative estimate of drug-likeness (QED) is 0.921. The van der Waals surface area contributed by atoms with E-state index < -0.39 is 0 Å². The maximum atomic E-state index is 5.71. The first-order valence-corrected chi connectivity index (χ1v) is 7.87. The first-order valence-electron chi connectivity index (χ1n) is 7.87. The maximum absolute atomic E-state index is 5.71. The molecule has 1 fully saturated rings. The van der Waals surface area contributed by atoms with Gasteiger partial charge in [-0.3, -0.25) is 4.90 Å². The molecule has 120 valence electrons. The fourth-order valence-electron chi connectivity index (χ4n) is 3.24. The van der Waals surface area contributed by atoms with Gasteiger partial charge in [0.1, 0.15) is 5.82 Å². The fourth-order valence-corrected chi connectivity index (χ4v) is 3.24. The van der Waals surface area contributed by atoms with Crippen LogP contribution in [0, 0.1) is 5.92 Å². The summed E-state index contributed by atoms with van der Waals surface area (Å²) in [4.78, 5) is 7.07. The van der Waals surface area contributed by atoms with Crippen molar-refractivity contribution >= 4 is 12.4 Å². The SMILES string of the molecule is Cl.NCCC1CCCN(Cc2nccn2-c2ccccc2)C1. The monoisotopic (exact) mass is 320 g/mol. The molecule has 0 amide bonds. The van der Waals surface area contributed by atoms with Crippen LogP contribution in [0.2, 0.25) is 0 Å². The van der Waals surface area contributed by atoms with Crippen molar-refractivity contribution < 1.29 is 0 Å². The zero-order valence-corrected chi connectivity index (χ0v) is 13.7. The Morgan fingerprint density at radius 1 is 1.23 bits per heavy atom. The van der Waals surface area contributed by atoms with Crippen LogP contribution in [0.4, 0.5) is 0 Å². The van der Waals surface area contributed by atoms with Gasteiger partial charge in [0.25, 0.3) is 0 Å². The Morgan fingerprint density at radius 3 is 2.82 bits per heavy atom. The van der Waals surface area contributed by atoms with Crippen LogP contribution in [0.1, 0.15) is 25.1 Å². The lowest BCUT2D eigenvalue weighted by Crippen LogP contribution is -2.36. The van der Waals surface area contributed by atoms with E-state index in [2.05, 4.69) is 38.7 Å². The molecule has 0 saturated carbocycles. The number of halogens is 1. The summed E-state index contributed by atoms with van der Waals surface area (Å²) in [5, 5.41) is 0. The largest absolute Gasteiger partial charge is 0.330 e. The molecule has 2 heterocycles. The van der Waals surface area contributed by atoms with Crippen LogP contribution in [0.25, 0.3) is 5.69 Å². The first kappa shape index (κ1) is 17.0. The summed E-state index contributed by atoms with van der Waals surface area (Å²) in [5.74, 6) is 1.87. The van der Waals surface area contributed by atoms with Gasteiger partial charge in [0.05, 0.1) is 6.54 Å². The van der Waals surface area contributed by atoms with Gasteiger partial charge in [-0.1, -0.05) is 18.2 Å². The highest BCUT2D eigenvalue weighted by Crippen LogP contribution is 2.21. The van der Waals surface area contributed by atoms with E-state index in [1.54, 1.807) is 0 Å². The minimum absolute atomic E-state index is 0. The Balaban J connectivity index is 0.00000176. The van der Waals surface area contributed by atoms with Crippen molar-refractivity contribution in [1.29, 1.82) is 0 Å². The van der Waals surface area contributed by atoms with Crippen LogP contribution in [-0.4, -0.2) is 34.1 Å². The Hall–Kier alpha value is -1.36. The molecule has 3 rings (SSSR count). The molecule has 1 saturated heterocycles. The maximum Gasteiger partial charge on any atom is 0.127 e. The third-order valence-corrected chi connectivity index (χ3v) is 4.29. The summed E-state index contributed by atoms with van der Waals surface area (Å²) in [7, 11) is 0. The molecule has 0 radical (unpaired) electrons. The van der Waals surface area contributed by atoms with Crippen LogP contribution in [0.15, 0.2) is 42.7 Å². The number of aromatic nitrogens is 2. The molecule has 1 unspecified atom stereocenters. The Kier molecular flexibility index (Phi) is 6.43. The number of benzene rings is 1. The van der Waals surface area contributed by atoms with Gasteiger partial charge in [-0.05, 0) is 50.4 Å². The summed E-state index contributed by atoms with van der Waals surface area (Å²) < 4.78 is 2.19. The zero-order chi connectivity index (χ0) is 14.5. The molecule has 1 aliphatic heterocycles. The Morgan fingerprint density at radius 2 is 2.05 bits per heavy atom. The van der Waals surface area contributed by atoms with Crippen LogP contribution < -0.4 is 5.73 Å². The Bertz CT molecular complexity index is 553. The van der Waals surface area contributed by atoms with Crippen LogP contribution in [0.5, 0.6) is 0 Å². The van der Waals surface area contributed by atoms with Crippen molar-refractivity contribution in [2.45, 2.75) is 25.8 Å². The topological polar surface area (TPSA) is 47.1 Å². The molecule has 22 heavy (non-hydrogen) atoms. The summed E-state index contributed by atoms with van der Waals surface area (Å²) >= 11 is 0. The molecule has 2 aromatic rings. The molecule has 0 bridgehead atoms. The standard InChI is InChI=1S/C17H24N4.ClH/c18-9-8-15-5-4-11-20(13-15)14-17-19-10-12-21(17)16-6-2-1-3-7-16;/h1-3,6-7,10,12,15H,4-5,8-9,11,13-14,18H2;1H. The van der Waals surface area contributed by atoms with E-state index in [-0.39, 0.29) is 12.4 Å². The predicted octanol–water partition coefficient (Wildman–Crippen LogP) is 2.85. The van der Waals surface area contributed by atoms with E-state index >= 15 is 0 Å². The number of rotatable bonds is 5. The van der Waals surface area contributed by atoms with Crippen molar-refractivity contribution in [2.24, 2.45) is 11.7 Å². The van der Waals surface area contributed by atoms with Crippen molar-refractivity contribution in [3.8, 4) is 5.69 Å².